The molecule has 1 aliphatic heterocycles. The molecule has 5 heteroatoms. The highest BCUT2D eigenvalue weighted by molar-refractivity contribution is 5.92. The number of benzene rings is 1. The first-order valence-electron chi connectivity index (χ1n) is 6.66. The second-order valence-electron chi connectivity index (χ2n) is 4.68. The van der Waals surface area contributed by atoms with E-state index in [2.05, 4.69) is 0 Å². The molecule has 108 valence electrons. The van der Waals surface area contributed by atoms with Gasteiger partial charge in [-0.2, -0.15) is 0 Å². The fourth-order valence-corrected chi connectivity index (χ4v) is 2.12. The highest BCUT2D eigenvalue weighted by atomic mass is 16.5. The van der Waals surface area contributed by atoms with Gasteiger partial charge in [-0.05, 0) is 19.1 Å². The number of carbonyl (C=O) groups excluding carboxylic acids is 1. The van der Waals surface area contributed by atoms with Crippen LogP contribution >= 0.6 is 0 Å². The van der Waals surface area contributed by atoms with Crippen molar-refractivity contribution in [2.24, 2.45) is 0 Å². The number of hydrogen-bond donors (Lipinski definition) is 2. The summed E-state index contributed by atoms with van der Waals surface area (Å²) in [5.41, 5.74) is 0.822. The van der Waals surface area contributed by atoms with E-state index in [1.54, 1.807) is 6.08 Å². The minimum atomic E-state index is -0.858. The zero-order valence-electron chi connectivity index (χ0n) is 11.4. The van der Waals surface area contributed by atoms with Gasteiger partial charge in [0.05, 0.1) is 18.8 Å². The lowest BCUT2D eigenvalue weighted by Crippen LogP contribution is -2.27. The molecule has 1 saturated heterocycles. The largest absolute Gasteiger partial charge is 0.493 e. The molecule has 0 aromatic heterocycles. The molecule has 0 radical (unpaired) electrons. The predicted molar refractivity (Wildman–Crippen MR) is 75.2 cm³/mol. The van der Waals surface area contributed by atoms with Crippen molar-refractivity contribution < 1.29 is 19.7 Å². The molecule has 5 nitrogen and oxygen atoms in total. The lowest BCUT2D eigenvalue weighted by Gasteiger charge is -2.12. The van der Waals surface area contributed by atoms with Crippen LogP contribution in [0, 0.1) is 0 Å². The Balaban J connectivity index is 2.04. The number of β-amino-alcohol motifs (C(OH)–C–C–N with tert-alkyl or cyclic N) is 2. The number of rotatable bonds is 4. The lowest BCUT2D eigenvalue weighted by atomic mass is 10.2. The minimum Gasteiger partial charge on any atom is -0.493 e. The third kappa shape index (κ3) is 3.37. The van der Waals surface area contributed by atoms with Crippen molar-refractivity contribution in [3.63, 3.8) is 0 Å². The number of likely N-dealkylation sites (tertiary alicyclic amines) is 1. The highest BCUT2D eigenvalue weighted by Gasteiger charge is 2.31. The van der Waals surface area contributed by atoms with E-state index in [1.165, 1.54) is 11.0 Å². The van der Waals surface area contributed by atoms with Crippen LogP contribution < -0.4 is 4.74 Å². The topological polar surface area (TPSA) is 70.0 Å². The van der Waals surface area contributed by atoms with Crippen LogP contribution in [0.1, 0.15) is 12.5 Å². The lowest BCUT2D eigenvalue weighted by molar-refractivity contribution is -0.125. The summed E-state index contributed by atoms with van der Waals surface area (Å²) in [5, 5.41) is 18.9. The molecule has 1 fully saturated rings. The van der Waals surface area contributed by atoms with Gasteiger partial charge in [0.1, 0.15) is 5.75 Å². The highest BCUT2D eigenvalue weighted by Crippen LogP contribution is 2.19. The molecule has 1 heterocycles. The summed E-state index contributed by atoms with van der Waals surface area (Å²) >= 11 is 0. The van der Waals surface area contributed by atoms with Crippen LogP contribution in [0.5, 0.6) is 5.75 Å². The maximum absolute atomic E-state index is 12.0. The Morgan fingerprint density at radius 3 is 2.65 bits per heavy atom. The summed E-state index contributed by atoms with van der Waals surface area (Å²) < 4.78 is 5.47. The van der Waals surface area contributed by atoms with Crippen molar-refractivity contribution >= 4 is 12.0 Å². The van der Waals surface area contributed by atoms with E-state index in [4.69, 9.17) is 4.74 Å². The van der Waals surface area contributed by atoms with Gasteiger partial charge in [-0.15, -0.1) is 0 Å². The van der Waals surface area contributed by atoms with Gasteiger partial charge in [0.2, 0.25) is 5.91 Å². The van der Waals surface area contributed by atoms with E-state index in [1.807, 2.05) is 31.2 Å². The van der Waals surface area contributed by atoms with E-state index in [0.717, 1.165) is 11.3 Å². The van der Waals surface area contributed by atoms with Crippen LogP contribution in [0.3, 0.4) is 0 Å². The number of nitrogens with zero attached hydrogens (tertiary/aromatic N) is 1. The predicted octanol–water partition coefficient (Wildman–Crippen LogP) is 0.662. The van der Waals surface area contributed by atoms with Crippen LogP contribution in [-0.4, -0.2) is 52.9 Å². The van der Waals surface area contributed by atoms with Crippen molar-refractivity contribution in [2.75, 3.05) is 19.7 Å². The van der Waals surface area contributed by atoms with E-state index < -0.39 is 12.2 Å². The number of para-hydroxylation sites is 1. The summed E-state index contributed by atoms with van der Waals surface area (Å²) in [7, 11) is 0. The van der Waals surface area contributed by atoms with Gasteiger partial charge in [0.25, 0.3) is 0 Å². The Morgan fingerprint density at radius 2 is 2.00 bits per heavy atom. The Kier molecular flexibility index (Phi) is 4.76. The SMILES string of the molecule is CCOc1ccccc1C=CC(=O)N1C[C@@H](O)[C@@H](O)C1. The van der Waals surface area contributed by atoms with E-state index in [-0.39, 0.29) is 19.0 Å². The van der Waals surface area contributed by atoms with Crippen molar-refractivity contribution in [3.05, 3.63) is 35.9 Å². The molecule has 1 aromatic rings. The summed E-state index contributed by atoms with van der Waals surface area (Å²) in [6, 6.07) is 7.45. The fourth-order valence-electron chi connectivity index (χ4n) is 2.12. The van der Waals surface area contributed by atoms with Gasteiger partial charge < -0.3 is 19.8 Å². The zero-order valence-corrected chi connectivity index (χ0v) is 11.4. The third-order valence-electron chi connectivity index (χ3n) is 3.20. The van der Waals surface area contributed by atoms with Gasteiger partial charge >= 0.3 is 0 Å². The summed E-state index contributed by atoms with van der Waals surface area (Å²) in [5.74, 6) is 0.493. The van der Waals surface area contributed by atoms with Crippen molar-refractivity contribution in [1.29, 1.82) is 0 Å². The minimum absolute atomic E-state index is 0.164. The number of hydrogen-bond acceptors (Lipinski definition) is 4. The second kappa shape index (κ2) is 6.54. The van der Waals surface area contributed by atoms with Gasteiger partial charge in [-0.1, -0.05) is 18.2 Å². The van der Waals surface area contributed by atoms with Crippen LogP contribution in [-0.2, 0) is 4.79 Å². The van der Waals surface area contributed by atoms with Gasteiger partial charge in [0, 0.05) is 24.7 Å². The molecule has 2 N–H and O–H groups in total. The summed E-state index contributed by atoms with van der Waals surface area (Å²) in [6.07, 6.45) is 1.40. The smallest absolute Gasteiger partial charge is 0.246 e. The molecule has 0 spiro atoms. The summed E-state index contributed by atoms with van der Waals surface area (Å²) in [4.78, 5) is 13.4. The molecule has 0 bridgehead atoms. The van der Waals surface area contributed by atoms with E-state index >= 15 is 0 Å². The first kappa shape index (κ1) is 14.6. The maximum Gasteiger partial charge on any atom is 0.246 e. The number of amides is 1. The molecular weight excluding hydrogens is 258 g/mol. The monoisotopic (exact) mass is 277 g/mol. The quantitative estimate of drug-likeness (QED) is 0.793. The van der Waals surface area contributed by atoms with Crippen molar-refractivity contribution in [3.8, 4) is 5.75 Å². The van der Waals surface area contributed by atoms with E-state index in [0.29, 0.717) is 6.61 Å². The van der Waals surface area contributed by atoms with Crippen molar-refractivity contribution in [2.45, 2.75) is 19.1 Å². The second-order valence-corrected chi connectivity index (χ2v) is 4.68. The normalized spacial score (nSPS) is 22.4. The fraction of sp³-hybridized carbons (Fsp3) is 0.400. The van der Waals surface area contributed by atoms with Gasteiger partial charge in [-0.25, -0.2) is 0 Å². The molecule has 20 heavy (non-hydrogen) atoms. The number of aliphatic hydroxyl groups is 2. The molecule has 0 unspecified atom stereocenters. The molecule has 2 rings (SSSR count). The van der Waals surface area contributed by atoms with Gasteiger partial charge in [0.15, 0.2) is 0 Å². The first-order valence-corrected chi connectivity index (χ1v) is 6.66. The average Bonchev–Trinajstić information content (AvgIpc) is 2.78. The molecule has 1 aromatic carbocycles. The Morgan fingerprint density at radius 1 is 1.35 bits per heavy atom. The Labute approximate surface area is 118 Å². The molecule has 0 saturated carbocycles. The Bertz CT molecular complexity index is 490. The van der Waals surface area contributed by atoms with Crippen molar-refractivity contribution in [1.82, 2.24) is 4.90 Å². The number of aliphatic hydroxyl groups excluding tert-OH is 2. The van der Waals surface area contributed by atoms with Gasteiger partial charge in [-0.3, -0.25) is 4.79 Å². The molecule has 0 aliphatic carbocycles. The molecule has 1 aliphatic rings. The van der Waals surface area contributed by atoms with Crippen LogP contribution in [0.2, 0.25) is 0 Å². The Hall–Kier alpha value is -1.85. The maximum atomic E-state index is 12.0. The van der Waals surface area contributed by atoms with Crippen LogP contribution in [0.15, 0.2) is 30.3 Å². The van der Waals surface area contributed by atoms with Crippen LogP contribution in [0.25, 0.3) is 6.08 Å². The van der Waals surface area contributed by atoms with E-state index in [9.17, 15) is 15.0 Å². The average molecular weight is 277 g/mol. The standard InChI is InChI=1S/C15H19NO4/c1-2-20-14-6-4-3-5-11(14)7-8-15(19)16-9-12(17)13(18)10-16/h3-8,12-13,17-18H,2,9-10H2,1H3/t12-,13+. The zero-order chi connectivity index (χ0) is 14.5. The number of ether oxygens (including phenoxy) is 1. The molecule has 1 amide bonds. The summed E-state index contributed by atoms with van der Waals surface area (Å²) in [6.45, 7) is 2.79. The third-order valence-corrected chi connectivity index (χ3v) is 3.20. The molecule has 2 atom stereocenters. The molecular formula is C15H19NO4. The number of carbonyl (C=O) groups is 1. The first-order chi connectivity index (χ1) is 9.61. The van der Waals surface area contributed by atoms with Crippen LogP contribution in [0.4, 0.5) is 0 Å².